The van der Waals surface area contributed by atoms with Gasteiger partial charge in [-0.3, -0.25) is 0 Å². The van der Waals surface area contributed by atoms with Crippen molar-refractivity contribution in [3.8, 4) is 11.4 Å². The molecule has 0 bridgehead atoms. The number of aromatic nitrogens is 3. The Morgan fingerprint density at radius 3 is 2.79 bits per heavy atom. The van der Waals surface area contributed by atoms with E-state index in [0.717, 1.165) is 11.6 Å². The summed E-state index contributed by atoms with van der Waals surface area (Å²) in [7, 11) is 1.73. The molecule has 2 heterocycles. The predicted molar refractivity (Wildman–Crippen MR) is 68.6 cm³/mol. The van der Waals surface area contributed by atoms with Crippen LogP contribution in [0.4, 0.5) is 8.78 Å². The van der Waals surface area contributed by atoms with Crippen LogP contribution in [0.25, 0.3) is 22.6 Å². The minimum Gasteiger partial charge on any atom is -0.312 e. The third-order valence-electron chi connectivity index (χ3n) is 3.04. The summed E-state index contributed by atoms with van der Waals surface area (Å²) in [6.07, 6.45) is 1.72. The highest BCUT2D eigenvalue weighted by atomic mass is 19.2. The molecular formula is C14H11F2N3. The van der Waals surface area contributed by atoms with Gasteiger partial charge in [-0.15, -0.1) is 0 Å². The lowest BCUT2D eigenvalue weighted by atomic mass is 10.2. The van der Waals surface area contributed by atoms with E-state index in [1.165, 1.54) is 12.1 Å². The van der Waals surface area contributed by atoms with Crippen molar-refractivity contribution < 1.29 is 8.78 Å². The van der Waals surface area contributed by atoms with Crippen LogP contribution < -0.4 is 0 Å². The van der Waals surface area contributed by atoms with Gasteiger partial charge >= 0.3 is 0 Å². The fourth-order valence-electron chi connectivity index (χ4n) is 2.09. The number of benzene rings is 1. The number of aryl methyl sites for hydroxylation is 2. The molecule has 0 unspecified atom stereocenters. The van der Waals surface area contributed by atoms with Crippen LogP contribution in [0.3, 0.4) is 0 Å². The Kier molecular flexibility index (Phi) is 2.55. The number of fused-ring (bicyclic) bond motifs is 1. The van der Waals surface area contributed by atoms with Gasteiger partial charge in [-0.25, -0.2) is 18.7 Å². The maximum atomic E-state index is 13.8. The first-order valence-electron chi connectivity index (χ1n) is 5.81. The van der Waals surface area contributed by atoms with E-state index in [1.807, 2.05) is 13.0 Å². The fraction of sp³-hybridized carbons (Fsp3) is 0.143. The number of hydrogen-bond acceptors (Lipinski definition) is 2. The zero-order valence-corrected chi connectivity index (χ0v) is 10.5. The Bertz CT molecular complexity index is 778. The Hall–Kier alpha value is -2.30. The topological polar surface area (TPSA) is 30.7 Å². The highest BCUT2D eigenvalue weighted by Crippen LogP contribution is 2.26. The van der Waals surface area contributed by atoms with Crippen LogP contribution in [-0.4, -0.2) is 14.5 Å². The van der Waals surface area contributed by atoms with Gasteiger partial charge in [-0.2, -0.15) is 0 Å². The van der Waals surface area contributed by atoms with E-state index in [0.29, 0.717) is 17.0 Å². The second kappa shape index (κ2) is 4.12. The van der Waals surface area contributed by atoms with Crippen molar-refractivity contribution in [3.05, 3.63) is 47.7 Å². The summed E-state index contributed by atoms with van der Waals surface area (Å²) >= 11 is 0. The Balaban J connectivity index is 2.31. The summed E-state index contributed by atoms with van der Waals surface area (Å²) in [6.45, 7) is 1.91. The lowest BCUT2D eigenvalue weighted by molar-refractivity contribution is 0.510. The summed E-state index contributed by atoms with van der Waals surface area (Å²) < 4.78 is 28.8. The van der Waals surface area contributed by atoms with Crippen molar-refractivity contribution >= 4 is 11.2 Å². The summed E-state index contributed by atoms with van der Waals surface area (Å²) in [5.41, 5.74) is 2.42. The van der Waals surface area contributed by atoms with Crippen LogP contribution in [0, 0.1) is 18.6 Å². The zero-order valence-electron chi connectivity index (χ0n) is 10.5. The van der Waals surface area contributed by atoms with E-state index >= 15 is 0 Å². The average molecular weight is 259 g/mol. The minimum absolute atomic E-state index is 0.137. The summed E-state index contributed by atoms with van der Waals surface area (Å²) in [4.78, 5) is 8.60. The molecule has 0 radical (unpaired) electrons. The Labute approximate surface area is 108 Å². The van der Waals surface area contributed by atoms with Gasteiger partial charge < -0.3 is 4.57 Å². The van der Waals surface area contributed by atoms with E-state index in [9.17, 15) is 8.78 Å². The van der Waals surface area contributed by atoms with Crippen LogP contribution in [0.2, 0.25) is 0 Å². The van der Waals surface area contributed by atoms with Crippen LogP contribution in [0.1, 0.15) is 5.56 Å². The molecule has 5 heteroatoms. The normalized spacial score (nSPS) is 11.2. The molecule has 1 aromatic carbocycles. The van der Waals surface area contributed by atoms with E-state index < -0.39 is 11.6 Å². The van der Waals surface area contributed by atoms with Gasteiger partial charge in [0.05, 0.1) is 5.56 Å². The van der Waals surface area contributed by atoms with Crippen LogP contribution in [0.15, 0.2) is 30.5 Å². The van der Waals surface area contributed by atoms with E-state index in [-0.39, 0.29) is 5.56 Å². The average Bonchev–Trinajstić information content (AvgIpc) is 2.69. The molecular weight excluding hydrogens is 248 g/mol. The van der Waals surface area contributed by atoms with Crippen molar-refractivity contribution in [2.45, 2.75) is 6.92 Å². The first kappa shape index (κ1) is 11.8. The first-order valence-corrected chi connectivity index (χ1v) is 5.81. The van der Waals surface area contributed by atoms with Gasteiger partial charge in [0.15, 0.2) is 17.3 Å². The summed E-state index contributed by atoms with van der Waals surface area (Å²) in [5.74, 6) is -1.41. The van der Waals surface area contributed by atoms with Crippen LogP contribution >= 0.6 is 0 Å². The molecule has 0 saturated heterocycles. The van der Waals surface area contributed by atoms with Crippen molar-refractivity contribution in [3.63, 3.8) is 0 Å². The molecule has 0 atom stereocenters. The first-order chi connectivity index (χ1) is 9.08. The highest BCUT2D eigenvalue weighted by Gasteiger charge is 2.16. The van der Waals surface area contributed by atoms with Gasteiger partial charge in [0.2, 0.25) is 0 Å². The van der Waals surface area contributed by atoms with Gasteiger partial charge in [0.25, 0.3) is 0 Å². The number of hydrogen-bond donors (Lipinski definition) is 0. The second-order valence-corrected chi connectivity index (χ2v) is 4.45. The summed E-state index contributed by atoms with van der Waals surface area (Å²) in [5, 5.41) is 0. The largest absolute Gasteiger partial charge is 0.312 e. The van der Waals surface area contributed by atoms with Gasteiger partial charge in [0.1, 0.15) is 11.3 Å². The van der Waals surface area contributed by atoms with E-state index in [2.05, 4.69) is 9.97 Å². The van der Waals surface area contributed by atoms with Crippen LogP contribution in [-0.2, 0) is 7.05 Å². The van der Waals surface area contributed by atoms with Crippen molar-refractivity contribution in [1.29, 1.82) is 0 Å². The molecule has 0 saturated carbocycles. The molecule has 0 fully saturated rings. The lowest BCUT2D eigenvalue weighted by Crippen LogP contribution is -1.97. The molecule has 0 aliphatic carbocycles. The molecule has 3 nitrogen and oxygen atoms in total. The number of halogens is 2. The quantitative estimate of drug-likeness (QED) is 0.671. The Morgan fingerprint density at radius 2 is 2.00 bits per heavy atom. The van der Waals surface area contributed by atoms with Gasteiger partial charge in [-0.1, -0.05) is 6.07 Å². The molecule has 0 aliphatic heterocycles. The van der Waals surface area contributed by atoms with Crippen molar-refractivity contribution in [2.24, 2.45) is 7.05 Å². The molecule has 0 N–H and O–H groups in total. The fourth-order valence-corrected chi connectivity index (χ4v) is 2.09. The number of pyridine rings is 1. The maximum absolute atomic E-state index is 13.8. The monoisotopic (exact) mass is 259 g/mol. The number of rotatable bonds is 1. The molecule has 0 spiro atoms. The lowest BCUT2D eigenvalue weighted by Gasteiger charge is -2.03. The zero-order chi connectivity index (χ0) is 13.6. The maximum Gasteiger partial charge on any atom is 0.169 e. The molecule has 2 aromatic heterocycles. The summed E-state index contributed by atoms with van der Waals surface area (Å²) in [6, 6.07) is 5.92. The Morgan fingerprint density at radius 1 is 1.21 bits per heavy atom. The third-order valence-corrected chi connectivity index (χ3v) is 3.04. The molecule has 3 rings (SSSR count). The third kappa shape index (κ3) is 1.78. The van der Waals surface area contributed by atoms with Crippen molar-refractivity contribution in [2.75, 3.05) is 0 Å². The predicted octanol–water partition coefficient (Wildman–Crippen LogP) is 3.22. The van der Waals surface area contributed by atoms with Gasteiger partial charge in [0, 0.05) is 13.2 Å². The van der Waals surface area contributed by atoms with E-state index in [4.69, 9.17) is 0 Å². The SMILES string of the molecule is Cc1cnc2c(c1)nc(-c1cccc(F)c1F)n2C. The van der Waals surface area contributed by atoms with E-state index in [1.54, 1.807) is 17.8 Å². The van der Waals surface area contributed by atoms with Crippen molar-refractivity contribution in [1.82, 2.24) is 14.5 Å². The number of nitrogens with zero attached hydrogens (tertiary/aromatic N) is 3. The minimum atomic E-state index is -0.891. The highest BCUT2D eigenvalue weighted by molar-refractivity contribution is 5.77. The molecule has 0 amide bonds. The molecule has 19 heavy (non-hydrogen) atoms. The standard InChI is InChI=1S/C14H11F2N3/c1-8-6-11-14(17-7-8)19(2)13(18-11)9-4-3-5-10(15)12(9)16/h3-7H,1-2H3. The second-order valence-electron chi connectivity index (χ2n) is 4.45. The molecule has 0 aliphatic rings. The molecule has 3 aromatic rings. The smallest absolute Gasteiger partial charge is 0.169 e. The van der Waals surface area contributed by atoms with Gasteiger partial charge in [-0.05, 0) is 30.7 Å². The van der Waals surface area contributed by atoms with Crippen LogP contribution in [0.5, 0.6) is 0 Å². The molecule has 96 valence electrons. The number of imidazole rings is 1.